The number of thioether (sulfide) groups is 2. The highest BCUT2D eigenvalue weighted by molar-refractivity contribution is 8.06. The maximum absolute atomic E-state index is 9.75. The molecule has 0 unspecified atom stereocenters. The number of nitrogens with zero attached hydrogens (tertiary/aromatic N) is 1. The van der Waals surface area contributed by atoms with Gasteiger partial charge in [0.25, 0.3) is 0 Å². The Morgan fingerprint density at radius 2 is 1.31 bits per heavy atom. The van der Waals surface area contributed by atoms with Gasteiger partial charge < -0.3 is 9.84 Å². The van der Waals surface area contributed by atoms with Gasteiger partial charge in [-0.1, -0.05) is 42.8 Å². The highest BCUT2D eigenvalue weighted by Crippen LogP contribution is 2.59. The molecule has 3 aromatic carbocycles. The van der Waals surface area contributed by atoms with E-state index in [1.807, 2.05) is 35.7 Å². The van der Waals surface area contributed by atoms with E-state index in [9.17, 15) is 5.11 Å². The standard InChI is InChI=1S/C27H29NO2S2/c29-22-12-8-20(9-13-22)26-27(32-25-7-3-2-6-24(25)31-26)21-10-14-23(15-11-21)30-19-18-28-16-4-1-5-17-28/h2-3,6-15,26-27,29H,1,4-5,16-19H2/t26-,27+/m0/s1. The van der Waals surface area contributed by atoms with Crippen molar-refractivity contribution < 1.29 is 9.84 Å². The normalized spacial score (nSPS) is 21.1. The van der Waals surface area contributed by atoms with E-state index in [0.717, 1.165) is 18.9 Å². The Labute approximate surface area is 199 Å². The van der Waals surface area contributed by atoms with Crippen LogP contribution in [0.5, 0.6) is 11.5 Å². The Hall–Kier alpha value is -2.08. The summed E-state index contributed by atoms with van der Waals surface area (Å²) in [6, 6.07) is 25.0. The first-order valence-corrected chi connectivity index (χ1v) is 13.2. The minimum absolute atomic E-state index is 0.279. The molecule has 1 saturated heterocycles. The molecule has 1 fully saturated rings. The van der Waals surface area contributed by atoms with Crippen molar-refractivity contribution in [1.82, 2.24) is 4.90 Å². The number of rotatable bonds is 6. The lowest BCUT2D eigenvalue weighted by Crippen LogP contribution is -2.33. The number of ether oxygens (including phenoxy) is 1. The maximum Gasteiger partial charge on any atom is 0.119 e. The van der Waals surface area contributed by atoms with Crippen LogP contribution in [0.1, 0.15) is 40.9 Å². The number of piperidine rings is 1. The van der Waals surface area contributed by atoms with Crippen molar-refractivity contribution in [3.63, 3.8) is 0 Å². The summed E-state index contributed by atoms with van der Waals surface area (Å²) in [5.74, 6) is 1.26. The fourth-order valence-corrected chi connectivity index (χ4v) is 7.42. The first-order valence-electron chi connectivity index (χ1n) is 11.4. The summed E-state index contributed by atoms with van der Waals surface area (Å²) >= 11 is 3.84. The highest BCUT2D eigenvalue weighted by Gasteiger charge is 2.32. The molecule has 2 aliphatic heterocycles. The lowest BCUT2D eigenvalue weighted by atomic mass is 10.0. The number of phenolic OH excluding ortho intramolecular Hbond substituents is 1. The molecule has 3 nitrogen and oxygen atoms in total. The molecule has 2 atom stereocenters. The lowest BCUT2D eigenvalue weighted by molar-refractivity contribution is 0.183. The summed E-state index contributed by atoms with van der Waals surface area (Å²) in [7, 11) is 0. The first-order chi connectivity index (χ1) is 15.8. The van der Waals surface area contributed by atoms with Gasteiger partial charge in [-0.05, 0) is 73.5 Å². The van der Waals surface area contributed by atoms with Crippen molar-refractivity contribution in [1.29, 1.82) is 0 Å². The number of fused-ring (bicyclic) bond motifs is 1. The second kappa shape index (κ2) is 10.2. The Balaban J connectivity index is 1.31. The SMILES string of the molecule is Oc1ccc([C@@H]2Sc3ccccc3S[C@@H]2c2ccc(OCCN3CCCCC3)cc2)cc1. The van der Waals surface area contributed by atoms with Crippen molar-refractivity contribution in [2.24, 2.45) is 0 Å². The molecular weight excluding hydrogens is 434 g/mol. The van der Waals surface area contributed by atoms with Crippen LogP contribution < -0.4 is 4.74 Å². The molecule has 0 aromatic heterocycles. The molecule has 2 heterocycles. The number of aromatic hydroxyl groups is 1. The predicted octanol–water partition coefficient (Wildman–Crippen LogP) is 6.94. The number of hydrogen-bond acceptors (Lipinski definition) is 5. The van der Waals surface area contributed by atoms with Crippen LogP contribution in [0, 0.1) is 0 Å². The van der Waals surface area contributed by atoms with Crippen LogP contribution in [0.3, 0.4) is 0 Å². The summed E-state index contributed by atoms with van der Waals surface area (Å²) in [4.78, 5) is 5.16. The van der Waals surface area contributed by atoms with E-state index in [1.54, 1.807) is 12.1 Å². The van der Waals surface area contributed by atoms with Gasteiger partial charge in [-0.3, -0.25) is 4.90 Å². The van der Waals surface area contributed by atoms with Crippen LogP contribution in [0.25, 0.3) is 0 Å². The minimum Gasteiger partial charge on any atom is -0.508 e. The third kappa shape index (κ3) is 5.11. The van der Waals surface area contributed by atoms with E-state index in [1.165, 1.54) is 53.3 Å². The molecular formula is C27H29NO2S2. The first kappa shape index (κ1) is 21.7. The van der Waals surface area contributed by atoms with Gasteiger partial charge in [-0.15, -0.1) is 23.5 Å². The quantitative estimate of drug-likeness (QED) is 0.428. The van der Waals surface area contributed by atoms with Gasteiger partial charge in [0, 0.05) is 16.3 Å². The molecule has 0 radical (unpaired) electrons. The largest absolute Gasteiger partial charge is 0.508 e. The molecule has 0 spiro atoms. The minimum atomic E-state index is 0.279. The summed E-state index contributed by atoms with van der Waals surface area (Å²) in [6.07, 6.45) is 4.00. The zero-order valence-corrected chi connectivity index (χ0v) is 19.8. The molecule has 5 rings (SSSR count). The van der Waals surface area contributed by atoms with Crippen LogP contribution in [-0.2, 0) is 0 Å². The van der Waals surface area contributed by atoms with Crippen molar-refractivity contribution in [2.45, 2.75) is 39.6 Å². The molecule has 0 bridgehead atoms. The van der Waals surface area contributed by atoms with Crippen molar-refractivity contribution in [3.8, 4) is 11.5 Å². The maximum atomic E-state index is 9.75. The van der Waals surface area contributed by atoms with Gasteiger partial charge >= 0.3 is 0 Å². The number of hydrogen-bond donors (Lipinski definition) is 1. The highest BCUT2D eigenvalue weighted by atomic mass is 32.2. The number of phenols is 1. The summed E-state index contributed by atoms with van der Waals surface area (Å²) in [5, 5.41) is 10.3. The third-order valence-corrected chi connectivity index (χ3v) is 9.31. The molecule has 2 aliphatic rings. The molecule has 32 heavy (non-hydrogen) atoms. The van der Waals surface area contributed by atoms with E-state index in [-0.39, 0.29) is 5.25 Å². The second-order valence-electron chi connectivity index (χ2n) is 8.43. The average molecular weight is 464 g/mol. The zero-order chi connectivity index (χ0) is 21.8. The fourth-order valence-electron chi connectivity index (χ4n) is 4.42. The van der Waals surface area contributed by atoms with E-state index in [0.29, 0.717) is 11.0 Å². The molecule has 0 amide bonds. The molecule has 5 heteroatoms. The molecule has 1 N–H and O–H groups in total. The summed E-state index contributed by atoms with van der Waals surface area (Å²) < 4.78 is 6.05. The monoisotopic (exact) mass is 463 g/mol. The molecule has 0 saturated carbocycles. The summed E-state index contributed by atoms with van der Waals surface area (Å²) in [5.41, 5.74) is 2.54. The topological polar surface area (TPSA) is 32.7 Å². The van der Waals surface area contributed by atoms with Crippen molar-refractivity contribution in [2.75, 3.05) is 26.2 Å². The molecule has 166 valence electrons. The van der Waals surface area contributed by atoms with Gasteiger partial charge in [-0.2, -0.15) is 0 Å². The van der Waals surface area contributed by atoms with Gasteiger partial charge in [0.05, 0.1) is 10.5 Å². The molecule has 0 aliphatic carbocycles. The van der Waals surface area contributed by atoms with E-state index in [4.69, 9.17) is 4.74 Å². The van der Waals surface area contributed by atoms with Gasteiger partial charge in [0.2, 0.25) is 0 Å². The van der Waals surface area contributed by atoms with Crippen LogP contribution in [0.15, 0.2) is 82.6 Å². The van der Waals surface area contributed by atoms with Crippen LogP contribution in [-0.4, -0.2) is 36.2 Å². The van der Waals surface area contributed by atoms with Crippen LogP contribution >= 0.6 is 23.5 Å². The Kier molecular flexibility index (Phi) is 6.96. The number of likely N-dealkylation sites (tertiary alicyclic amines) is 1. The van der Waals surface area contributed by atoms with Gasteiger partial charge in [0.15, 0.2) is 0 Å². The predicted molar refractivity (Wildman–Crippen MR) is 134 cm³/mol. The van der Waals surface area contributed by atoms with Crippen molar-refractivity contribution >= 4 is 23.5 Å². The summed E-state index contributed by atoms with van der Waals surface area (Å²) in [6.45, 7) is 4.17. The second-order valence-corrected chi connectivity index (χ2v) is 10.8. The van der Waals surface area contributed by atoms with E-state index >= 15 is 0 Å². The van der Waals surface area contributed by atoms with Gasteiger partial charge in [-0.25, -0.2) is 0 Å². The fraction of sp³-hybridized carbons (Fsp3) is 0.333. The lowest BCUT2D eigenvalue weighted by Gasteiger charge is -2.32. The Bertz CT molecular complexity index is 1020. The smallest absolute Gasteiger partial charge is 0.119 e. The zero-order valence-electron chi connectivity index (χ0n) is 18.2. The third-order valence-electron chi connectivity index (χ3n) is 6.19. The Morgan fingerprint density at radius 3 is 1.91 bits per heavy atom. The number of benzene rings is 3. The van der Waals surface area contributed by atoms with Crippen molar-refractivity contribution in [3.05, 3.63) is 83.9 Å². The average Bonchev–Trinajstić information content (AvgIpc) is 2.85. The van der Waals surface area contributed by atoms with E-state index in [2.05, 4.69) is 53.4 Å². The van der Waals surface area contributed by atoms with E-state index < -0.39 is 0 Å². The Morgan fingerprint density at radius 1 is 0.750 bits per heavy atom. The van der Waals surface area contributed by atoms with Gasteiger partial charge in [0.1, 0.15) is 18.1 Å². The molecule has 3 aromatic rings. The van der Waals surface area contributed by atoms with Crippen LogP contribution in [0.4, 0.5) is 0 Å². The van der Waals surface area contributed by atoms with Crippen LogP contribution in [0.2, 0.25) is 0 Å².